The van der Waals surface area contributed by atoms with Crippen LogP contribution >= 0.6 is 11.6 Å². The lowest BCUT2D eigenvalue weighted by Crippen LogP contribution is -2.12. The molecule has 0 fully saturated rings. The molecule has 0 heterocycles. The van der Waals surface area contributed by atoms with E-state index in [1.807, 2.05) is 5.92 Å². The first-order valence-electron chi connectivity index (χ1n) is 3.85. The number of rotatable bonds is 2. The summed E-state index contributed by atoms with van der Waals surface area (Å²) in [6, 6.07) is 4.34. The lowest BCUT2D eigenvalue weighted by atomic mass is 10.2. The third-order valence-corrected chi connectivity index (χ3v) is 1.92. The maximum Gasteiger partial charge on any atom is 0.339 e. The normalized spacial score (nSPS) is 9.07. The van der Waals surface area contributed by atoms with Gasteiger partial charge in [-0.3, -0.25) is 4.79 Å². The molecule has 15 heavy (non-hydrogen) atoms. The van der Waals surface area contributed by atoms with Gasteiger partial charge in [-0.25, -0.2) is 4.79 Å². The van der Waals surface area contributed by atoms with Gasteiger partial charge >= 0.3 is 5.97 Å². The van der Waals surface area contributed by atoms with Crippen molar-refractivity contribution in [2.75, 3.05) is 5.32 Å². The highest BCUT2D eigenvalue weighted by molar-refractivity contribution is 6.34. The number of amides is 1. The van der Waals surface area contributed by atoms with E-state index >= 15 is 0 Å². The molecule has 0 aliphatic rings. The molecular weight excluding hydrogens is 218 g/mol. The van der Waals surface area contributed by atoms with E-state index < -0.39 is 11.9 Å². The first kappa shape index (κ1) is 11.1. The van der Waals surface area contributed by atoms with E-state index in [4.69, 9.17) is 23.1 Å². The summed E-state index contributed by atoms with van der Waals surface area (Å²) in [5.41, 5.74) is -0.0966. The summed E-state index contributed by atoms with van der Waals surface area (Å²) in [7, 11) is 0. The van der Waals surface area contributed by atoms with Crippen LogP contribution in [0.5, 0.6) is 0 Å². The number of halogens is 1. The van der Waals surface area contributed by atoms with Crippen molar-refractivity contribution in [1.82, 2.24) is 0 Å². The second-order valence-corrected chi connectivity index (χ2v) is 2.97. The van der Waals surface area contributed by atoms with E-state index in [2.05, 4.69) is 5.32 Å². The predicted octanol–water partition coefficient (Wildman–Crippen LogP) is 1.61. The fourth-order valence-electron chi connectivity index (χ4n) is 1.00. The summed E-state index contributed by atoms with van der Waals surface area (Å²) >= 11 is 5.67. The van der Waals surface area contributed by atoms with Crippen LogP contribution < -0.4 is 5.32 Å². The van der Waals surface area contributed by atoms with Gasteiger partial charge in [-0.1, -0.05) is 17.7 Å². The largest absolute Gasteiger partial charge is 0.478 e. The molecule has 1 aromatic rings. The van der Waals surface area contributed by atoms with Crippen molar-refractivity contribution in [3.8, 4) is 12.3 Å². The Labute approximate surface area is 90.9 Å². The molecule has 0 atom stereocenters. The Morgan fingerprint density at radius 3 is 2.67 bits per heavy atom. The van der Waals surface area contributed by atoms with E-state index in [0.717, 1.165) is 0 Å². The molecule has 0 radical (unpaired) electrons. The van der Waals surface area contributed by atoms with Gasteiger partial charge in [0.15, 0.2) is 0 Å². The van der Waals surface area contributed by atoms with Crippen molar-refractivity contribution < 1.29 is 14.7 Å². The van der Waals surface area contributed by atoms with E-state index in [0.29, 0.717) is 0 Å². The van der Waals surface area contributed by atoms with Crippen LogP contribution in [0.1, 0.15) is 10.4 Å². The lowest BCUT2D eigenvalue weighted by molar-refractivity contribution is -0.111. The van der Waals surface area contributed by atoms with E-state index in [1.165, 1.54) is 18.2 Å². The lowest BCUT2D eigenvalue weighted by Gasteiger charge is -2.06. The zero-order chi connectivity index (χ0) is 11.4. The molecular formula is C10H6ClNO3. The molecule has 1 rings (SSSR count). The zero-order valence-electron chi connectivity index (χ0n) is 7.45. The average Bonchev–Trinajstić information content (AvgIpc) is 2.17. The third kappa shape index (κ3) is 2.48. The number of carbonyl (C=O) groups is 2. The molecule has 0 bridgehead atoms. The Bertz CT molecular complexity index is 462. The minimum atomic E-state index is -1.23. The highest BCUT2D eigenvalue weighted by Crippen LogP contribution is 2.24. The number of hydrogen-bond donors (Lipinski definition) is 2. The number of benzene rings is 1. The summed E-state index contributed by atoms with van der Waals surface area (Å²) in [5.74, 6) is -0.138. The molecule has 76 valence electrons. The van der Waals surface area contributed by atoms with Gasteiger partial charge in [-0.15, -0.1) is 6.42 Å². The van der Waals surface area contributed by atoms with Crippen molar-refractivity contribution in [3.05, 3.63) is 28.8 Å². The summed E-state index contributed by atoms with van der Waals surface area (Å²) in [5, 5.41) is 11.1. The second-order valence-electron chi connectivity index (χ2n) is 2.57. The maximum absolute atomic E-state index is 10.9. The van der Waals surface area contributed by atoms with Crippen molar-refractivity contribution in [2.24, 2.45) is 0 Å². The van der Waals surface area contributed by atoms with Crippen LogP contribution in [0.15, 0.2) is 18.2 Å². The van der Waals surface area contributed by atoms with Crippen LogP contribution in [-0.4, -0.2) is 17.0 Å². The number of terminal acetylenes is 1. The summed E-state index contributed by atoms with van der Waals surface area (Å²) in [6.45, 7) is 0. The van der Waals surface area contributed by atoms with Crippen LogP contribution in [0.25, 0.3) is 0 Å². The molecule has 5 heteroatoms. The molecule has 0 aliphatic heterocycles. The number of hydrogen-bond acceptors (Lipinski definition) is 2. The molecule has 0 aliphatic carbocycles. The average molecular weight is 224 g/mol. The Balaban J connectivity index is 3.19. The van der Waals surface area contributed by atoms with E-state index in [9.17, 15) is 9.59 Å². The molecule has 1 aromatic carbocycles. The van der Waals surface area contributed by atoms with Gasteiger partial charge in [0.25, 0.3) is 5.91 Å². The number of anilines is 1. The van der Waals surface area contributed by atoms with Gasteiger partial charge in [0.05, 0.1) is 10.7 Å². The SMILES string of the molecule is C#CC(=O)Nc1cccc(Cl)c1C(=O)O. The molecule has 0 saturated heterocycles. The van der Waals surface area contributed by atoms with Crippen LogP contribution in [0, 0.1) is 12.3 Å². The minimum Gasteiger partial charge on any atom is -0.478 e. The molecule has 0 aromatic heterocycles. The van der Waals surface area contributed by atoms with Crippen molar-refractivity contribution >= 4 is 29.2 Å². The predicted molar refractivity (Wildman–Crippen MR) is 55.9 cm³/mol. The number of carboxylic acids is 1. The summed E-state index contributed by atoms with van der Waals surface area (Å²) < 4.78 is 0. The molecule has 0 saturated carbocycles. The Morgan fingerprint density at radius 1 is 1.47 bits per heavy atom. The Kier molecular flexibility index (Phi) is 3.32. The molecule has 4 nitrogen and oxygen atoms in total. The molecule has 1 amide bonds. The number of carbonyl (C=O) groups excluding carboxylic acids is 1. The van der Waals surface area contributed by atoms with Gasteiger partial charge < -0.3 is 10.4 Å². The smallest absolute Gasteiger partial charge is 0.339 e. The van der Waals surface area contributed by atoms with Crippen molar-refractivity contribution in [1.29, 1.82) is 0 Å². The fraction of sp³-hybridized carbons (Fsp3) is 0. The highest BCUT2D eigenvalue weighted by Gasteiger charge is 2.15. The van der Waals surface area contributed by atoms with Gasteiger partial charge in [0, 0.05) is 0 Å². The molecule has 0 spiro atoms. The van der Waals surface area contributed by atoms with Gasteiger partial charge in [0.1, 0.15) is 5.56 Å². The summed E-state index contributed by atoms with van der Waals surface area (Å²) in [6.07, 6.45) is 4.84. The van der Waals surface area contributed by atoms with Gasteiger partial charge in [0.2, 0.25) is 0 Å². The molecule has 0 unspecified atom stereocenters. The van der Waals surface area contributed by atoms with Crippen LogP contribution in [-0.2, 0) is 4.79 Å². The number of carboxylic acid groups (broad SMARTS) is 1. The number of aromatic carboxylic acids is 1. The van der Waals surface area contributed by atoms with Gasteiger partial charge in [-0.05, 0) is 18.1 Å². The summed E-state index contributed by atoms with van der Waals surface area (Å²) in [4.78, 5) is 21.7. The fourth-order valence-corrected chi connectivity index (χ4v) is 1.26. The Hall–Kier alpha value is -1.99. The monoisotopic (exact) mass is 223 g/mol. The van der Waals surface area contributed by atoms with Crippen molar-refractivity contribution in [3.63, 3.8) is 0 Å². The van der Waals surface area contributed by atoms with Crippen LogP contribution in [0.4, 0.5) is 5.69 Å². The first-order valence-corrected chi connectivity index (χ1v) is 4.23. The van der Waals surface area contributed by atoms with Crippen LogP contribution in [0.2, 0.25) is 5.02 Å². The number of nitrogens with one attached hydrogen (secondary N) is 1. The van der Waals surface area contributed by atoms with Gasteiger partial charge in [-0.2, -0.15) is 0 Å². The second kappa shape index (κ2) is 4.49. The maximum atomic E-state index is 10.9. The Morgan fingerprint density at radius 2 is 2.13 bits per heavy atom. The van der Waals surface area contributed by atoms with Crippen molar-refractivity contribution in [2.45, 2.75) is 0 Å². The quantitative estimate of drug-likeness (QED) is 0.749. The standard InChI is InChI=1S/C10H6ClNO3/c1-2-8(13)12-7-5-3-4-6(11)9(7)10(14)15/h1,3-5H,(H,12,13)(H,14,15). The molecule has 2 N–H and O–H groups in total. The highest BCUT2D eigenvalue weighted by atomic mass is 35.5. The first-order chi connectivity index (χ1) is 7.06. The zero-order valence-corrected chi connectivity index (χ0v) is 8.21. The van der Waals surface area contributed by atoms with E-state index in [-0.39, 0.29) is 16.3 Å². The topological polar surface area (TPSA) is 66.4 Å². The van der Waals surface area contributed by atoms with Crippen LogP contribution in [0.3, 0.4) is 0 Å². The third-order valence-electron chi connectivity index (χ3n) is 1.61. The minimum absolute atomic E-state index is 0.0392. The van der Waals surface area contributed by atoms with E-state index in [1.54, 1.807) is 0 Å².